The second-order valence-corrected chi connectivity index (χ2v) is 8.17. The Hall–Kier alpha value is -4.68. The minimum absolute atomic E-state index is 0.0932. The number of hydrogen-bond donors (Lipinski definition) is 3. The van der Waals surface area contributed by atoms with Gasteiger partial charge in [-0.2, -0.15) is 0 Å². The van der Waals surface area contributed by atoms with Gasteiger partial charge < -0.3 is 30.2 Å². The van der Waals surface area contributed by atoms with Gasteiger partial charge in [0, 0.05) is 17.8 Å². The van der Waals surface area contributed by atoms with E-state index < -0.39 is 41.1 Å². The summed E-state index contributed by atoms with van der Waals surface area (Å²) in [5, 5.41) is 18.3. The summed E-state index contributed by atoms with van der Waals surface area (Å²) in [6.45, 7) is 4.87. The van der Waals surface area contributed by atoms with Gasteiger partial charge in [-0.25, -0.2) is 9.59 Å². The first-order valence-electron chi connectivity index (χ1n) is 11.1. The van der Waals surface area contributed by atoms with Gasteiger partial charge in [0.25, 0.3) is 5.69 Å². The summed E-state index contributed by atoms with van der Waals surface area (Å²) in [5.41, 5.74) is 0.907. The highest BCUT2D eigenvalue weighted by molar-refractivity contribution is 5.98. The number of nitro benzene ring substituents is 1. The number of rotatable bonds is 10. The van der Waals surface area contributed by atoms with Crippen molar-refractivity contribution in [2.24, 2.45) is 5.92 Å². The van der Waals surface area contributed by atoms with Gasteiger partial charge in [-0.15, -0.1) is 0 Å². The number of nitrogens with zero attached hydrogens (tertiary/aromatic N) is 1. The molecule has 2 atom stereocenters. The van der Waals surface area contributed by atoms with Crippen LogP contribution in [0.2, 0.25) is 0 Å². The highest BCUT2D eigenvalue weighted by atomic mass is 16.7. The Balaban J connectivity index is 1.83. The Morgan fingerprint density at radius 1 is 0.919 bits per heavy atom. The number of carbonyl (C=O) groups is 4. The fourth-order valence-electron chi connectivity index (χ4n) is 2.93. The van der Waals surface area contributed by atoms with Crippen LogP contribution in [0.25, 0.3) is 0 Å². The molecule has 13 heteroatoms. The van der Waals surface area contributed by atoms with E-state index in [-0.39, 0.29) is 24.0 Å². The third kappa shape index (κ3) is 9.12. The minimum Gasteiger partial charge on any atom is -0.453 e. The van der Waals surface area contributed by atoms with E-state index in [4.69, 9.17) is 9.47 Å². The molecule has 0 aliphatic carbocycles. The molecule has 3 amide bonds. The third-order valence-electron chi connectivity index (χ3n) is 4.99. The van der Waals surface area contributed by atoms with E-state index in [9.17, 15) is 29.3 Å². The van der Waals surface area contributed by atoms with Gasteiger partial charge in [-0.3, -0.25) is 19.7 Å². The lowest BCUT2D eigenvalue weighted by molar-refractivity contribution is -0.384. The predicted molar refractivity (Wildman–Crippen MR) is 131 cm³/mol. The van der Waals surface area contributed by atoms with E-state index in [1.807, 2.05) is 0 Å². The molecule has 37 heavy (non-hydrogen) atoms. The van der Waals surface area contributed by atoms with Crippen LogP contribution in [0, 0.1) is 16.0 Å². The maximum atomic E-state index is 12.5. The zero-order valence-corrected chi connectivity index (χ0v) is 20.7. The molecule has 3 N–H and O–H groups in total. The average Bonchev–Trinajstić information content (AvgIpc) is 2.86. The van der Waals surface area contributed by atoms with Crippen molar-refractivity contribution in [3.8, 4) is 5.75 Å². The van der Waals surface area contributed by atoms with Crippen molar-refractivity contribution in [2.75, 3.05) is 12.4 Å². The van der Waals surface area contributed by atoms with E-state index >= 15 is 0 Å². The number of anilines is 1. The standard InChI is InChI=1S/C24H28N4O9/c1-14(2)20(27-23(31)35-4)22(30)25-15(3)21(29)26-17-7-5-16(6-8-17)13-36-24(32)37-19-11-9-18(10-12-19)28(33)34/h5-12,14-15,20H,13H2,1-4H3,(H,25,30)(H,26,29)(H,27,31)/t15-,20-/m0/s1. The van der Waals surface area contributed by atoms with Gasteiger partial charge in [0.05, 0.1) is 12.0 Å². The molecule has 0 bridgehead atoms. The van der Waals surface area contributed by atoms with Crippen molar-refractivity contribution in [1.29, 1.82) is 0 Å². The molecule has 0 fully saturated rings. The first-order chi connectivity index (χ1) is 17.5. The summed E-state index contributed by atoms with van der Waals surface area (Å²) < 4.78 is 14.5. The Bertz CT molecular complexity index is 1120. The number of nitro groups is 1. The largest absolute Gasteiger partial charge is 0.514 e. The lowest BCUT2D eigenvalue weighted by Gasteiger charge is -2.23. The molecular formula is C24H28N4O9. The Kier molecular flexibility index (Phi) is 10.4. The number of non-ortho nitro benzene ring substituents is 1. The van der Waals surface area contributed by atoms with Crippen LogP contribution < -0.4 is 20.7 Å². The zero-order valence-electron chi connectivity index (χ0n) is 20.7. The number of hydrogen-bond acceptors (Lipinski definition) is 9. The number of carbonyl (C=O) groups excluding carboxylic acids is 4. The molecule has 0 saturated heterocycles. The van der Waals surface area contributed by atoms with Crippen LogP contribution in [-0.2, 0) is 25.7 Å². The molecular weight excluding hydrogens is 488 g/mol. The number of ether oxygens (including phenoxy) is 3. The predicted octanol–water partition coefficient (Wildman–Crippen LogP) is 3.13. The maximum Gasteiger partial charge on any atom is 0.514 e. The summed E-state index contributed by atoms with van der Waals surface area (Å²) in [6.07, 6.45) is -1.74. The number of methoxy groups -OCH3 is 1. The van der Waals surface area contributed by atoms with Gasteiger partial charge in [-0.1, -0.05) is 26.0 Å². The first kappa shape index (κ1) is 28.6. The van der Waals surface area contributed by atoms with E-state index in [1.165, 1.54) is 38.3 Å². The molecule has 13 nitrogen and oxygen atoms in total. The summed E-state index contributed by atoms with van der Waals surface area (Å²) in [7, 11) is 1.19. The molecule has 2 rings (SSSR count). The third-order valence-corrected chi connectivity index (χ3v) is 4.99. The van der Waals surface area contributed by atoms with Crippen LogP contribution in [0.15, 0.2) is 48.5 Å². The number of amides is 3. The van der Waals surface area contributed by atoms with Crippen molar-refractivity contribution in [3.63, 3.8) is 0 Å². The molecule has 0 aliphatic rings. The Morgan fingerprint density at radius 3 is 2.08 bits per heavy atom. The van der Waals surface area contributed by atoms with Gasteiger partial charge in [0.15, 0.2) is 0 Å². The van der Waals surface area contributed by atoms with Gasteiger partial charge >= 0.3 is 12.2 Å². The second kappa shape index (κ2) is 13.4. The minimum atomic E-state index is -0.989. The number of nitrogens with one attached hydrogen (secondary N) is 3. The fourth-order valence-corrected chi connectivity index (χ4v) is 2.93. The lowest BCUT2D eigenvalue weighted by atomic mass is 10.0. The molecule has 0 unspecified atom stereocenters. The molecule has 0 aliphatic heterocycles. The van der Waals surface area contributed by atoms with E-state index in [0.717, 1.165) is 0 Å². The monoisotopic (exact) mass is 516 g/mol. The van der Waals surface area contributed by atoms with Crippen LogP contribution in [0.3, 0.4) is 0 Å². The molecule has 198 valence electrons. The van der Waals surface area contributed by atoms with E-state index in [1.54, 1.807) is 38.1 Å². The smallest absolute Gasteiger partial charge is 0.453 e. The molecule has 0 heterocycles. The molecule has 0 spiro atoms. The molecule has 0 saturated carbocycles. The Labute approximate surface area is 212 Å². The van der Waals surface area contributed by atoms with E-state index in [0.29, 0.717) is 11.3 Å². The van der Waals surface area contributed by atoms with Crippen molar-refractivity contribution < 1.29 is 38.3 Å². The topological polar surface area (TPSA) is 175 Å². The van der Waals surface area contributed by atoms with Gasteiger partial charge in [-0.05, 0) is 42.7 Å². The molecule has 2 aromatic carbocycles. The highest BCUT2D eigenvalue weighted by Crippen LogP contribution is 2.18. The van der Waals surface area contributed by atoms with Crippen LogP contribution in [0.1, 0.15) is 26.3 Å². The van der Waals surface area contributed by atoms with Crippen molar-refractivity contribution in [2.45, 2.75) is 39.5 Å². The van der Waals surface area contributed by atoms with Crippen molar-refractivity contribution in [1.82, 2.24) is 10.6 Å². The average molecular weight is 517 g/mol. The zero-order chi connectivity index (χ0) is 27.5. The normalized spacial score (nSPS) is 12.0. The van der Waals surface area contributed by atoms with Crippen molar-refractivity contribution >= 4 is 35.4 Å². The van der Waals surface area contributed by atoms with Crippen molar-refractivity contribution in [3.05, 3.63) is 64.2 Å². The van der Waals surface area contributed by atoms with Gasteiger partial charge in [0.2, 0.25) is 11.8 Å². The van der Waals surface area contributed by atoms with Crippen LogP contribution in [0.5, 0.6) is 5.75 Å². The molecule has 0 radical (unpaired) electrons. The maximum absolute atomic E-state index is 12.5. The molecule has 2 aromatic rings. The van der Waals surface area contributed by atoms with Crippen LogP contribution >= 0.6 is 0 Å². The lowest BCUT2D eigenvalue weighted by Crippen LogP contribution is -2.53. The SMILES string of the molecule is COC(=O)N[C@H](C(=O)N[C@@H](C)C(=O)Nc1ccc(COC(=O)Oc2ccc([N+](=O)[O-])cc2)cc1)C(C)C. The van der Waals surface area contributed by atoms with Crippen LogP contribution in [0.4, 0.5) is 21.0 Å². The Morgan fingerprint density at radius 2 is 1.54 bits per heavy atom. The summed E-state index contributed by atoms with van der Waals surface area (Å²) in [4.78, 5) is 58.4. The van der Waals surface area contributed by atoms with Crippen LogP contribution in [-0.4, -0.2) is 48.2 Å². The summed E-state index contributed by atoms with van der Waals surface area (Å²) in [6, 6.07) is 9.58. The molecule has 0 aromatic heterocycles. The highest BCUT2D eigenvalue weighted by Gasteiger charge is 2.27. The van der Waals surface area contributed by atoms with Gasteiger partial charge in [0.1, 0.15) is 24.4 Å². The second-order valence-electron chi connectivity index (χ2n) is 8.17. The summed E-state index contributed by atoms with van der Waals surface area (Å²) >= 11 is 0. The number of alkyl carbamates (subject to hydrolysis) is 1. The summed E-state index contributed by atoms with van der Waals surface area (Å²) in [5.74, 6) is -1.16. The fraction of sp³-hybridized carbons (Fsp3) is 0.333. The quantitative estimate of drug-likeness (QED) is 0.185. The first-order valence-corrected chi connectivity index (χ1v) is 11.1. The van der Waals surface area contributed by atoms with E-state index in [2.05, 4.69) is 20.7 Å². The number of benzene rings is 2.